The highest BCUT2D eigenvalue weighted by molar-refractivity contribution is 9.10. The van der Waals surface area contributed by atoms with Crippen LogP contribution < -0.4 is 16.7 Å². The van der Waals surface area contributed by atoms with Crippen molar-refractivity contribution < 1.29 is 0 Å². The third-order valence-electron chi connectivity index (χ3n) is 4.68. The van der Waals surface area contributed by atoms with Crippen molar-refractivity contribution in [3.8, 4) is 0 Å². The van der Waals surface area contributed by atoms with E-state index in [1.165, 1.54) is 4.57 Å². The number of halogens is 1. The van der Waals surface area contributed by atoms with E-state index in [2.05, 4.69) is 36.4 Å². The van der Waals surface area contributed by atoms with E-state index in [9.17, 15) is 9.59 Å². The molecule has 2 aromatic carbocycles. The number of nitrogens with one attached hydrogen (secondary N) is 2. The molecule has 0 amide bonds. The Morgan fingerprint density at radius 2 is 1.97 bits per heavy atom. The maximum atomic E-state index is 12.6. The lowest BCUT2D eigenvalue weighted by molar-refractivity contribution is 0.808. The Bertz CT molecular complexity index is 1370. The van der Waals surface area contributed by atoms with Crippen LogP contribution in [0.25, 0.3) is 11.2 Å². The van der Waals surface area contributed by atoms with Gasteiger partial charge in [0.05, 0.1) is 12.8 Å². The Morgan fingerprint density at radius 1 is 1.20 bits per heavy atom. The third-order valence-corrected chi connectivity index (χ3v) is 5.21. The van der Waals surface area contributed by atoms with Crippen molar-refractivity contribution in [2.45, 2.75) is 13.5 Å². The average molecular weight is 467 g/mol. The molecule has 2 heterocycles. The number of aryl methyl sites for hydroxylation is 2. The van der Waals surface area contributed by atoms with Gasteiger partial charge >= 0.3 is 5.69 Å². The molecule has 0 saturated heterocycles. The molecule has 0 bridgehead atoms. The van der Waals surface area contributed by atoms with Gasteiger partial charge in [0.2, 0.25) is 5.95 Å². The maximum Gasteiger partial charge on any atom is 0.329 e. The molecule has 0 spiro atoms. The molecule has 2 N–H and O–H groups in total. The van der Waals surface area contributed by atoms with Crippen LogP contribution in [0.15, 0.2) is 67.7 Å². The second-order valence-electron chi connectivity index (χ2n) is 6.92. The van der Waals surface area contributed by atoms with Crippen molar-refractivity contribution in [1.82, 2.24) is 19.1 Å². The van der Waals surface area contributed by atoms with Gasteiger partial charge in [-0.1, -0.05) is 57.9 Å². The summed E-state index contributed by atoms with van der Waals surface area (Å²) in [6.45, 7) is 2.41. The third kappa shape index (κ3) is 3.97. The molecular formula is C21H19BrN6O2. The van der Waals surface area contributed by atoms with Crippen molar-refractivity contribution in [3.63, 3.8) is 0 Å². The van der Waals surface area contributed by atoms with E-state index in [0.29, 0.717) is 18.0 Å². The molecule has 0 radical (unpaired) electrons. The molecule has 152 valence electrons. The molecule has 9 heteroatoms. The van der Waals surface area contributed by atoms with E-state index in [0.717, 1.165) is 21.2 Å². The van der Waals surface area contributed by atoms with Crippen LogP contribution in [0.1, 0.15) is 16.7 Å². The quantitative estimate of drug-likeness (QED) is 0.349. The number of rotatable bonds is 5. The van der Waals surface area contributed by atoms with E-state index in [-0.39, 0.29) is 5.65 Å². The molecule has 0 unspecified atom stereocenters. The molecule has 4 rings (SSSR count). The second kappa shape index (κ2) is 8.11. The molecule has 8 nitrogen and oxygen atoms in total. The minimum absolute atomic E-state index is 0.290. The molecule has 0 aliphatic heterocycles. The molecule has 0 atom stereocenters. The number of anilines is 1. The number of aromatic amines is 1. The number of benzene rings is 2. The van der Waals surface area contributed by atoms with Crippen molar-refractivity contribution in [2.24, 2.45) is 12.1 Å². The number of imidazole rings is 1. The summed E-state index contributed by atoms with van der Waals surface area (Å²) in [5.41, 5.74) is 5.52. The van der Waals surface area contributed by atoms with Crippen molar-refractivity contribution in [2.75, 3.05) is 5.43 Å². The van der Waals surface area contributed by atoms with Gasteiger partial charge in [0.25, 0.3) is 5.56 Å². The number of hydrogen-bond acceptors (Lipinski definition) is 5. The normalized spacial score (nSPS) is 11.4. The van der Waals surface area contributed by atoms with E-state index in [1.807, 2.05) is 55.5 Å². The van der Waals surface area contributed by atoms with Gasteiger partial charge < -0.3 is 0 Å². The van der Waals surface area contributed by atoms with Crippen LogP contribution >= 0.6 is 15.9 Å². The van der Waals surface area contributed by atoms with Crippen LogP contribution in [0.3, 0.4) is 0 Å². The first-order chi connectivity index (χ1) is 14.4. The lowest BCUT2D eigenvalue weighted by Gasteiger charge is -2.09. The minimum atomic E-state index is -0.516. The Labute approximate surface area is 180 Å². The SMILES string of the molecule is Cc1cccc(Cn2c(N/N=C\c3ccc(Br)cc3)nc3c2c(=O)[nH]c(=O)n3C)c1. The van der Waals surface area contributed by atoms with Crippen LogP contribution in [0, 0.1) is 6.92 Å². The molecule has 0 saturated carbocycles. The number of hydrogen-bond donors (Lipinski definition) is 2. The smallest absolute Gasteiger partial charge is 0.298 e. The lowest BCUT2D eigenvalue weighted by atomic mass is 10.1. The Balaban J connectivity index is 1.78. The second-order valence-corrected chi connectivity index (χ2v) is 7.84. The fourth-order valence-electron chi connectivity index (χ4n) is 3.18. The van der Waals surface area contributed by atoms with Crippen LogP contribution in [-0.4, -0.2) is 25.3 Å². The summed E-state index contributed by atoms with van der Waals surface area (Å²) in [5, 5.41) is 4.27. The fraction of sp³-hybridized carbons (Fsp3) is 0.143. The van der Waals surface area contributed by atoms with Gasteiger partial charge in [-0.2, -0.15) is 10.1 Å². The largest absolute Gasteiger partial charge is 0.329 e. The van der Waals surface area contributed by atoms with E-state index >= 15 is 0 Å². The first-order valence-electron chi connectivity index (χ1n) is 9.22. The summed E-state index contributed by atoms with van der Waals surface area (Å²) in [6, 6.07) is 15.7. The predicted molar refractivity (Wildman–Crippen MR) is 121 cm³/mol. The van der Waals surface area contributed by atoms with E-state index in [1.54, 1.807) is 17.8 Å². The summed E-state index contributed by atoms with van der Waals surface area (Å²) in [6.07, 6.45) is 1.66. The van der Waals surface area contributed by atoms with Gasteiger partial charge in [-0.25, -0.2) is 10.2 Å². The van der Waals surface area contributed by atoms with E-state index in [4.69, 9.17) is 0 Å². The van der Waals surface area contributed by atoms with Crippen molar-refractivity contribution in [3.05, 3.63) is 90.5 Å². The molecule has 30 heavy (non-hydrogen) atoms. The first-order valence-corrected chi connectivity index (χ1v) is 10.0. The summed E-state index contributed by atoms with van der Waals surface area (Å²) in [4.78, 5) is 31.4. The number of H-pyrrole nitrogens is 1. The highest BCUT2D eigenvalue weighted by Crippen LogP contribution is 2.18. The zero-order valence-corrected chi connectivity index (χ0v) is 18.0. The highest BCUT2D eigenvalue weighted by atomic mass is 79.9. The Morgan fingerprint density at radius 3 is 2.70 bits per heavy atom. The summed E-state index contributed by atoms with van der Waals surface area (Å²) >= 11 is 3.40. The van der Waals surface area contributed by atoms with Crippen molar-refractivity contribution in [1.29, 1.82) is 0 Å². The van der Waals surface area contributed by atoms with Crippen LogP contribution in [-0.2, 0) is 13.6 Å². The van der Waals surface area contributed by atoms with Gasteiger partial charge in [0.15, 0.2) is 11.2 Å². The molecule has 0 aliphatic rings. The number of fused-ring (bicyclic) bond motifs is 1. The standard InChI is InChI=1S/C21H19BrN6O2/c1-13-4-3-5-15(10-13)12-28-17-18(27(2)21(30)25-19(17)29)24-20(28)26-23-11-14-6-8-16(22)9-7-14/h3-11H,12H2,1-2H3,(H,24,26)(H,25,29,30)/b23-11-. The van der Waals surface area contributed by atoms with E-state index < -0.39 is 11.2 Å². The van der Waals surface area contributed by atoms with Gasteiger partial charge in [-0.3, -0.25) is 18.9 Å². The highest BCUT2D eigenvalue weighted by Gasteiger charge is 2.17. The minimum Gasteiger partial charge on any atom is -0.298 e. The molecular weight excluding hydrogens is 448 g/mol. The first kappa shape index (κ1) is 19.8. The summed E-state index contributed by atoms with van der Waals surface area (Å²) in [7, 11) is 1.57. The molecule has 4 aromatic rings. The van der Waals surface area contributed by atoms with Gasteiger partial charge in [0.1, 0.15) is 0 Å². The van der Waals surface area contributed by atoms with Gasteiger partial charge in [0, 0.05) is 11.5 Å². The van der Waals surface area contributed by atoms with Crippen molar-refractivity contribution >= 4 is 39.3 Å². The summed E-state index contributed by atoms with van der Waals surface area (Å²) < 4.78 is 4.02. The number of hydrazone groups is 1. The maximum absolute atomic E-state index is 12.6. The zero-order valence-electron chi connectivity index (χ0n) is 16.4. The summed E-state index contributed by atoms with van der Waals surface area (Å²) in [5.74, 6) is 0.367. The van der Waals surface area contributed by atoms with Crippen LogP contribution in [0.2, 0.25) is 0 Å². The fourth-order valence-corrected chi connectivity index (χ4v) is 3.44. The Hall–Kier alpha value is -3.46. The monoisotopic (exact) mass is 466 g/mol. The average Bonchev–Trinajstić information content (AvgIpc) is 3.07. The van der Waals surface area contributed by atoms with Crippen LogP contribution in [0.4, 0.5) is 5.95 Å². The van der Waals surface area contributed by atoms with Gasteiger partial charge in [-0.05, 0) is 30.2 Å². The van der Waals surface area contributed by atoms with Gasteiger partial charge in [-0.15, -0.1) is 0 Å². The lowest BCUT2D eigenvalue weighted by Crippen LogP contribution is -2.29. The predicted octanol–water partition coefficient (Wildman–Crippen LogP) is 2.99. The molecule has 0 fully saturated rings. The molecule has 0 aliphatic carbocycles. The topological polar surface area (TPSA) is 97.1 Å². The van der Waals surface area contributed by atoms with Crippen LogP contribution in [0.5, 0.6) is 0 Å². The zero-order chi connectivity index (χ0) is 21.3. The number of nitrogens with zero attached hydrogens (tertiary/aromatic N) is 4. The molecule has 2 aromatic heterocycles. The number of aromatic nitrogens is 4. The Kier molecular flexibility index (Phi) is 5.37.